The highest BCUT2D eigenvalue weighted by Crippen LogP contribution is 2.35. The molecule has 0 radical (unpaired) electrons. The van der Waals surface area contributed by atoms with Gasteiger partial charge in [-0.15, -0.1) is 11.3 Å². The summed E-state index contributed by atoms with van der Waals surface area (Å²) in [4.78, 5) is 25.1. The average Bonchev–Trinajstić information content (AvgIpc) is 2.93. The van der Waals surface area contributed by atoms with Crippen LogP contribution in [0, 0.1) is 6.92 Å². The van der Waals surface area contributed by atoms with Gasteiger partial charge in [0.15, 0.2) is 11.5 Å². The summed E-state index contributed by atoms with van der Waals surface area (Å²) in [6.07, 6.45) is 1.61. The van der Waals surface area contributed by atoms with Gasteiger partial charge in [0.1, 0.15) is 6.54 Å². The van der Waals surface area contributed by atoms with Crippen LogP contribution in [0.3, 0.4) is 0 Å². The van der Waals surface area contributed by atoms with Crippen molar-refractivity contribution in [2.24, 2.45) is 0 Å². The molecule has 0 fully saturated rings. The number of phenolic OH excluding ortho intramolecular Hbond substituents is 1. The summed E-state index contributed by atoms with van der Waals surface area (Å²) in [6, 6.07) is 10.5. The lowest BCUT2D eigenvalue weighted by Gasteiger charge is -2.06. The van der Waals surface area contributed by atoms with Crippen molar-refractivity contribution in [3.05, 3.63) is 72.1 Å². The highest BCUT2D eigenvalue weighted by Gasteiger charge is 2.11. The molecule has 0 aliphatic rings. The predicted molar refractivity (Wildman–Crippen MR) is 116 cm³/mol. The Bertz CT molecular complexity index is 1230. The van der Waals surface area contributed by atoms with Crippen molar-refractivity contribution in [3.8, 4) is 11.5 Å². The van der Waals surface area contributed by atoms with Gasteiger partial charge < -0.3 is 15.2 Å². The number of rotatable bonds is 5. The van der Waals surface area contributed by atoms with Crippen LogP contribution in [0.5, 0.6) is 11.5 Å². The molecule has 0 saturated carbocycles. The van der Waals surface area contributed by atoms with Gasteiger partial charge >= 0.3 is 0 Å². The fourth-order valence-corrected chi connectivity index (χ4v) is 3.81. The molecule has 0 bridgehead atoms. The smallest absolute Gasteiger partial charge is 0.269 e. The van der Waals surface area contributed by atoms with Crippen molar-refractivity contribution in [3.63, 3.8) is 0 Å². The number of aromatic nitrogens is 1. The second kappa shape index (κ2) is 8.55. The predicted octanol–water partition coefficient (Wildman–Crippen LogP) is 2.46. The van der Waals surface area contributed by atoms with E-state index in [1.54, 1.807) is 24.3 Å². The van der Waals surface area contributed by atoms with Gasteiger partial charge in [-0.3, -0.25) is 14.2 Å². The Hall–Kier alpha value is -3.03. The Morgan fingerprint density at radius 3 is 2.69 bits per heavy atom. The minimum atomic E-state index is -0.331. The van der Waals surface area contributed by atoms with Crippen LogP contribution >= 0.6 is 22.9 Å². The van der Waals surface area contributed by atoms with Crippen LogP contribution in [0.25, 0.3) is 12.7 Å². The van der Waals surface area contributed by atoms with Crippen LogP contribution in [0.15, 0.2) is 41.2 Å². The van der Waals surface area contributed by atoms with Crippen molar-refractivity contribution in [1.29, 1.82) is 0 Å². The molecule has 29 heavy (non-hydrogen) atoms. The monoisotopic (exact) mass is 430 g/mol. The first-order chi connectivity index (χ1) is 13.8. The Morgan fingerprint density at radius 1 is 1.34 bits per heavy atom. The molecule has 150 valence electrons. The molecule has 6 nitrogen and oxygen atoms in total. The van der Waals surface area contributed by atoms with Gasteiger partial charge in [-0.2, -0.15) is 0 Å². The number of nitrogens with one attached hydrogen (secondary N) is 1. The number of carbonyl (C=O) groups is 1. The molecule has 3 aromatic rings. The zero-order valence-electron chi connectivity index (χ0n) is 15.9. The molecule has 3 rings (SSSR count). The fraction of sp³-hybridized carbons (Fsp3) is 0.143. The number of nitrogens with zero attached hydrogens (tertiary/aromatic N) is 1. The number of aromatic hydroxyl groups is 1. The Balaban J connectivity index is 1.89. The Labute approximate surface area is 176 Å². The van der Waals surface area contributed by atoms with Gasteiger partial charge in [-0.25, -0.2) is 0 Å². The standard InChI is InChI=1S/C21H19ClN2O4S/c1-12-4-6-15(7-5-12)23-19(25)11-24-13(2)29-18(21(24)27)10-14-8-16(22)20(26)17(9-14)28-3/h4-10,26H,2,11H2,1,3H3,(H,23,25)/b18-10-. The summed E-state index contributed by atoms with van der Waals surface area (Å²) in [6.45, 7) is 5.69. The maximum absolute atomic E-state index is 12.7. The van der Waals surface area contributed by atoms with E-state index in [4.69, 9.17) is 16.3 Å². The highest BCUT2D eigenvalue weighted by atomic mass is 35.5. The molecule has 1 aromatic heterocycles. The fourth-order valence-electron chi connectivity index (χ4n) is 2.69. The van der Waals surface area contributed by atoms with Gasteiger partial charge in [0.25, 0.3) is 5.56 Å². The molecule has 0 spiro atoms. The number of amides is 1. The van der Waals surface area contributed by atoms with Gasteiger partial charge in [0.05, 0.1) is 21.3 Å². The third kappa shape index (κ3) is 4.70. The summed E-state index contributed by atoms with van der Waals surface area (Å²) in [5.74, 6) is -0.284. The summed E-state index contributed by atoms with van der Waals surface area (Å²) < 4.78 is 7.25. The lowest BCUT2D eigenvalue weighted by Crippen LogP contribution is -2.35. The Kier molecular flexibility index (Phi) is 6.10. The molecule has 1 amide bonds. The van der Waals surface area contributed by atoms with Crippen molar-refractivity contribution < 1.29 is 14.6 Å². The maximum atomic E-state index is 12.7. The van der Waals surface area contributed by atoms with Gasteiger partial charge in [-0.05, 0) is 42.8 Å². The quantitative estimate of drug-likeness (QED) is 0.651. The van der Waals surface area contributed by atoms with Gasteiger partial charge in [0.2, 0.25) is 5.91 Å². The number of benzene rings is 2. The number of hydrogen-bond donors (Lipinski definition) is 2. The van der Waals surface area contributed by atoms with Crippen molar-refractivity contribution in [2.75, 3.05) is 12.4 Å². The van der Waals surface area contributed by atoms with Crippen molar-refractivity contribution in [2.45, 2.75) is 13.5 Å². The number of phenols is 1. The first-order valence-electron chi connectivity index (χ1n) is 8.62. The van der Waals surface area contributed by atoms with E-state index in [0.717, 1.165) is 5.56 Å². The highest BCUT2D eigenvalue weighted by molar-refractivity contribution is 7.07. The van der Waals surface area contributed by atoms with Crippen molar-refractivity contribution >= 4 is 47.2 Å². The van der Waals surface area contributed by atoms with Gasteiger partial charge in [-0.1, -0.05) is 35.9 Å². The molecule has 8 heteroatoms. The van der Waals surface area contributed by atoms with Crippen LogP contribution in [0.1, 0.15) is 11.1 Å². The van der Waals surface area contributed by atoms with E-state index in [-0.39, 0.29) is 34.5 Å². The molecular formula is C21H19ClN2O4S. The van der Waals surface area contributed by atoms with E-state index in [2.05, 4.69) is 11.9 Å². The first kappa shape index (κ1) is 20.7. The lowest BCUT2D eigenvalue weighted by atomic mass is 10.2. The zero-order valence-corrected chi connectivity index (χ0v) is 17.4. The van der Waals surface area contributed by atoms with E-state index in [9.17, 15) is 14.7 Å². The second-order valence-corrected chi connectivity index (χ2v) is 7.89. The van der Waals surface area contributed by atoms with Gasteiger partial charge in [0, 0.05) is 5.69 Å². The molecule has 2 N–H and O–H groups in total. The maximum Gasteiger partial charge on any atom is 0.269 e. The third-order valence-electron chi connectivity index (χ3n) is 4.19. The topological polar surface area (TPSA) is 80.6 Å². The summed E-state index contributed by atoms with van der Waals surface area (Å²) >= 11 is 7.17. The number of halogens is 1. The number of hydrogen-bond acceptors (Lipinski definition) is 5. The number of ether oxygens (including phenoxy) is 1. The number of carbonyl (C=O) groups excluding carboxylic acids is 1. The largest absolute Gasteiger partial charge is 0.503 e. The van der Waals surface area contributed by atoms with Crippen LogP contribution in [0.4, 0.5) is 5.69 Å². The lowest BCUT2D eigenvalue weighted by molar-refractivity contribution is -0.116. The summed E-state index contributed by atoms with van der Waals surface area (Å²) in [7, 11) is 1.41. The molecule has 2 aromatic carbocycles. The molecule has 1 heterocycles. The normalized spacial score (nSPS) is 11.5. The SMILES string of the molecule is C=c1s/c(=C\c2cc(Cl)c(O)c(OC)c2)c(=O)n1CC(=O)Nc1ccc(C)cc1. The average molecular weight is 431 g/mol. The first-order valence-corrected chi connectivity index (χ1v) is 9.81. The minimum absolute atomic E-state index is 0.111. The Morgan fingerprint density at radius 2 is 2.03 bits per heavy atom. The van der Waals surface area contributed by atoms with Crippen molar-refractivity contribution in [1.82, 2.24) is 4.57 Å². The molecule has 0 atom stereocenters. The van der Waals surface area contributed by atoms with Crippen LogP contribution in [-0.4, -0.2) is 22.7 Å². The molecule has 0 saturated heterocycles. The minimum Gasteiger partial charge on any atom is -0.503 e. The van der Waals surface area contributed by atoms with E-state index >= 15 is 0 Å². The number of aryl methyl sites for hydroxylation is 1. The number of methoxy groups -OCH3 is 1. The van der Waals surface area contributed by atoms with Crippen LogP contribution in [0.2, 0.25) is 5.02 Å². The number of thiazole rings is 1. The third-order valence-corrected chi connectivity index (χ3v) is 5.45. The van der Waals surface area contributed by atoms with Crippen LogP contribution in [-0.2, 0) is 11.3 Å². The van der Waals surface area contributed by atoms with E-state index < -0.39 is 0 Å². The molecule has 0 aliphatic carbocycles. The summed E-state index contributed by atoms with van der Waals surface area (Å²) in [5, 5.41) is 12.7. The molecule has 0 aliphatic heterocycles. The summed E-state index contributed by atoms with van der Waals surface area (Å²) in [5.41, 5.74) is 2.00. The van der Waals surface area contributed by atoms with E-state index in [1.807, 2.05) is 19.1 Å². The zero-order chi connectivity index (χ0) is 21.1. The van der Waals surface area contributed by atoms with E-state index in [1.165, 1.54) is 29.1 Å². The molecular weight excluding hydrogens is 412 g/mol. The van der Waals surface area contributed by atoms with Crippen LogP contribution < -0.4 is 24.8 Å². The molecule has 0 unspecified atom stereocenters. The second-order valence-electron chi connectivity index (χ2n) is 6.36. The van der Waals surface area contributed by atoms with E-state index in [0.29, 0.717) is 20.4 Å². The number of anilines is 1.